The molecule has 2 aromatic carbocycles. The second kappa shape index (κ2) is 10.1. The van der Waals surface area contributed by atoms with Crippen molar-refractivity contribution >= 4 is 39.0 Å². The Morgan fingerprint density at radius 2 is 1.75 bits per heavy atom. The minimum atomic E-state index is -0.825. The van der Waals surface area contributed by atoms with Crippen LogP contribution < -0.4 is 10.9 Å². The first kappa shape index (κ1) is 23.5. The summed E-state index contributed by atoms with van der Waals surface area (Å²) in [5.41, 5.74) is 1.59. The summed E-state index contributed by atoms with van der Waals surface area (Å²) >= 11 is 1.42. The van der Waals surface area contributed by atoms with E-state index in [1.807, 2.05) is 6.07 Å². The number of nitrogens with zero attached hydrogens (tertiary/aromatic N) is 3. The molecule has 36 heavy (non-hydrogen) atoms. The van der Waals surface area contributed by atoms with E-state index in [4.69, 9.17) is 4.74 Å². The number of aromatic nitrogens is 2. The number of anilines is 1. The number of amides is 1. The van der Waals surface area contributed by atoms with Crippen molar-refractivity contribution in [3.05, 3.63) is 86.6 Å². The lowest BCUT2D eigenvalue weighted by Crippen LogP contribution is -2.26. The van der Waals surface area contributed by atoms with Gasteiger partial charge >= 0.3 is 5.97 Å². The summed E-state index contributed by atoms with van der Waals surface area (Å²) in [6.45, 7) is -0.549. The predicted molar refractivity (Wildman–Crippen MR) is 137 cm³/mol. The van der Waals surface area contributed by atoms with Crippen LogP contribution in [-0.4, -0.2) is 28.3 Å². The van der Waals surface area contributed by atoms with Gasteiger partial charge in [-0.1, -0.05) is 42.8 Å². The molecule has 9 heteroatoms. The lowest BCUT2D eigenvalue weighted by Gasteiger charge is -2.11. The molecular formula is C27H22N4O4S. The number of carbonyl (C=O) groups excluding carboxylic acids is 2. The van der Waals surface area contributed by atoms with Crippen molar-refractivity contribution in [2.75, 3.05) is 11.9 Å². The molecule has 0 unspecified atom stereocenters. The van der Waals surface area contributed by atoms with Crippen LogP contribution in [0.1, 0.15) is 45.8 Å². The molecule has 8 nitrogen and oxygen atoms in total. The molecule has 180 valence electrons. The molecule has 5 rings (SSSR count). The van der Waals surface area contributed by atoms with Gasteiger partial charge < -0.3 is 10.1 Å². The van der Waals surface area contributed by atoms with Gasteiger partial charge in [-0.25, -0.2) is 4.79 Å². The summed E-state index contributed by atoms with van der Waals surface area (Å²) in [6.07, 6.45) is 4.94. The van der Waals surface area contributed by atoms with Crippen LogP contribution in [0.15, 0.2) is 59.4 Å². The topological polar surface area (TPSA) is 114 Å². The number of carbonyl (C=O) groups is 2. The third-order valence-corrected chi connectivity index (χ3v) is 7.33. The number of hydrogen-bond donors (Lipinski definition) is 1. The molecule has 1 aliphatic carbocycles. The van der Waals surface area contributed by atoms with E-state index in [1.165, 1.54) is 11.3 Å². The lowest BCUT2D eigenvalue weighted by atomic mass is 10.1. The number of para-hydroxylation sites is 1. The maximum absolute atomic E-state index is 13.0. The number of nitriles is 1. The predicted octanol–water partition coefficient (Wildman–Crippen LogP) is 4.38. The Kier molecular flexibility index (Phi) is 6.60. The van der Waals surface area contributed by atoms with Gasteiger partial charge in [-0.05, 0) is 49.4 Å². The van der Waals surface area contributed by atoms with Crippen LogP contribution in [0.4, 0.5) is 5.00 Å². The molecule has 0 radical (unpaired) electrons. The Morgan fingerprint density at radius 1 is 1.03 bits per heavy atom. The monoisotopic (exact) mass is 498 g/mol. The molecule has 1 N–H and O–H groups in total. The SMILES string of the molecule is N#Cc1c(NC(=O)COC(=O)c2nn(-c3ccccc3)c(=O)c3ccccc23)sc2c1CCCCC2. The summed E-state index contributed by atoms with van der Waals surface area (Å²) < 4.78 is 6.44. The van der Waals surface area contributed by atoms with Gasteiger partial charge in [0.2, 0.25) is 0 Å². The zero-order valence-corrected chi connectivity index (χ0v) is 20.1. The van der Waals surface area contributed by atoms with Crippen molar-refractivity contribution in [1.82, 2.24) is 9.78 Å². The number of esters is 1. The number of fused-ring (bicyclic) bond motifs is 2. The molecule has 0 bridgehead atoms. The highest BCUT2D eigenvalue weighted by Gasteiger charge is 2.23. The fourth-order valence-corrected chi connectivity index (χ4v) is 5.65. The standard InChI is InChI=1S/C27H22N4O4S/c28-15-21-18-11-5-2-6-14-22(18)36-25(21)29-23(32)16-35-27(34)24-19-12-7-8-13-20(19)26(33)31(30-24)17-9-3-1-4-10-17/h1,3-4,7-10,12-13H,2,5-6,11,14,16H2,(H,29,32). The van der Waals surface area contributed by atoms with Crippen LogP contribution in [0.2, 0.25) is 0 Å². The van der Waals surface area contributed by atoms with Crippen molar-refractivity contribution in [3.63, 3.8) is 0 Å². The smallest absolute Gasteiger partial charge is 0.359 e. The quantitative estimate of drug-likeness (QED) is 0.323. The third-order valence-electron chi connectivity index (χ3n) is 6.12. The van der Waals surface area contributed by atoms with Gasteiger partial charge in [0, 0.05) is 10.3 Å². The number of nitrogens with one attached hydrogen (secondary N) is 1. The zero-order valence-electron chi connectivity index (χ0n) is 19.3. The fraction of sp³-hybridized carbons (Fsp3) is 0.222. The van der Waals surface area contributed by atoms with Crippen LogP contribution in [0.5, 0.6) is 0 Å². The van der Waals surface area contributed by atoms with Gasteiger partial charge in [0.15, 0.2) is 12.3 Å². The molecule has 2 heterocycles. The molecule has 1 amide bonds. The first-order valence-electron chi connectivity index (χ1n) is 11.7. The third kappa shape index (κ3) is 4.51. The van der Waals surface area contributed by atoms with E-state index in [1.54, 1.807) is 48.5 Å². The van der Waals surface area contributed by atoms with E-state index in [-0.39, 0.29) is 11.3 Å². The van der Waals surface area contributed by atoms with Crippen molar-refractivity contribution in [1.29, 1.82) is 5.26 Å². The van der Waals surface area contributed by atoms with Gasteiger partial charge in [0.05, 0.1) is 16.6 Å². The Labute approximate surface area is 210 Å². The van der Waals surface area contributed by atoms with E-state index in [0.29, 0.717) is 27.0 Å². The minimum Gasteiger partial charge on any atom is -0.451 e. The number of thiophene rings is 1. The van der Waals surface area contributed by atoms with E-state index in [0.717, 1.165) is 47.2 Å². The molecule has 0 atom stereocenters. The van der Waals surface area contributed by atoms with Crippen LogP contribution in [0, 0.1) is 11.3 Å². The van der Waals surface area contributed by atoms with Crippen LogP contribution in [0.25, 0.3) is 16.5 Å². The van der Waals surface area contributed by atoms with Crippen LogP contribution in [-0.2, 0) is 22.4 Å². The normalized spacial score (nSPS) is 12.9. The molecule has 0 saturated heterocycles. The van der Waals surface area contributed by atoms with E-state index >= 15 is 0 Å². The minimum absolute atomic E-state index is 0.0672. The van der Waals surface area contributed by atoms with Crippen LogP contribution in [0.3, 0.4) is 0 Å². The Morgan fingerprint density at radius 3 is 2.53 bits per heavy atom. The van der Waals surface area contributed by atoms with Gasteiger partial charge in [-0.3, -0.25) is 9.59 Å². The van der Waals surface area contributed by atoms with Crippen molar-refractivity contribution in [3.8, 4) is 11.8 Å². The maximum Gasteiger partial charge on any atom is 0.359 e. The number of benzene rings is 2. The summed E-state index contributed by atoms with van der Waals surface area (Å²) in [5, 5.41) is 17.8. The van der Waals surface area contributed by atoms with Crippen molar-refractivity contribution in [2.45, 2.75) is 32.1 Å². The number of ether oxygens (including phenoxy) is 1. The Balaban J connectivity index is 1.37. The molecule has 0 fully saturated rings. The lowest BCUT2D eigenvalue weighted by molar-refractivity contribution is -0.119. The molecule has 4 aromatic rings. The van der Waals surface area contributed by atoms with E-state index < -0.39 is 18.5 Å². The molecule has 0 aliphatic heterocycles. The summed E-state index contributed by atoms with van der Waals surface area (Å²) in [6, 6.07) is 17.6. The van der Waals surface area contributed by atoms with Crippen LogP contribution >= 0.6 is 11.3 Å². The highest BCUT2D eigenvalue weighted by atomic mass is 32.1. The first-order valence-corrected chi connectivity index (χ1v) is 12.5. The Hall–Kier alpha value is -4.29. The molecule has 2 aromatic heterocycles. The highest BCUT2D eigenvalue weighted by Crippen LogP contribution is 2.36. The van der Waals surface area contributed by atoms with Gasteiger partial charge in [-0.15, -0.1) is 11.3 Å². The molecule has 0 spiro atoms. The molecule has 0 saturated carbocycles. The first-order chi connectivity index (χ1) is 17.6. The number of rotatable bonds is 5. The summed E-state index contributed by atoms with van der Waals surface area (Å²) in [5.74, 6) is -1.37. The Bertz CT molecular complexity index is 1570. The van der Waals surface area contributed by atoms with Crippen molar-refractivity contribution in [2.24, 2.45) is 0 Å². The van der Waals surface area contributed by atoms with E-state index in [2.05, 4.69) is 16.5 Å². The van der Waals surface area contributed by atoms with Gasteiger partial charge in [-0.2, -0.15) is 15.0 Å². The van der Waals surface area contributed by atoms with Gasteiger partial charge in [0.1, 0.15) is 11.1 Å². The average molecular weight is 499 g/mol. The maximum atomic E-state index is 13.0. The van der Waals surface area contributed by atoms with Gasteiger partial charge in [0.25, 0.3) is 11.5 Å². The van der Waals surface area contributed by atoms with E-state index in [9.17, 15) is 19.6 Å². The molecule has 1 aliphatic rings. The molecular weight excluding hydrogens is 476 g/mol. The van der Waals surface area contributed by atoms with Crippen molar-refractivity contribution < 1.29 is 14.3 Å². The highest BCUT2D eigenvalue weighted by molar-refractivity contribution is 7.16. The second-order valence-electron chi connectivity index (χ2n) is 8.45. The zero-order chi connectivity index (χ0) is 25.1. The largest absolute Gasteiger partial charge is 0.451 e. The second-order valence-corrected chi connectivity index (χ2v) is 9.56. The summed E-state index contributed by atoms with van der Waals surface area (Å²) in [7, 11) is 0. The number of aryl methyl sites for hydroxylation is 1. The number of hydrogen-bond acceptors (Lipinski definition) is 7. The fourth-order valence-electron chi connectivity index (χ4n) is 4.40. The summed E-state index contributed by atoms with van der Waals surface area (Å²) in [4.78, 5) is 39.8. The average Bonchev–Trinajstić information content (AvgIpc) is 3.06.